The molecule has 0 spiro atoms. The molecule has 0 saturated heterocycles. The van der Waals surface area contributed by atoms with Gasteiger partial charge in [0.25, 0.3) is 0 Å². The van der Waals surface area contributed by atoms with Crippen molar-refractivity contribution in [3.63, 3.8) is 0 Å². The van der Waals surface area contributed by atoms with E-state index in [2.05, 4.69) is 5.32 Å². The van der Waals surface area contributed by atoms with Gasteiger partial charge in [-0.15, -0.1) is 0 Å². The number of aliphatic carboxylic acids is 1. The van der Waals surface area contributed by atoms with Crippen LogP contribution in [0.25, 0.3) is 0 Å². The number of hydrogen-bond donors (Lipinski definition) is 2. The molecule has 1 fully saturated rings. The predicted octanol–water partition coefficient (Wildman–Crippen LogP) is 1.16. The number of hydrogen-bond acceptors (Lipinski definition) is 2. The van der Waals surface area contributed by atoms with E-state index in [-0.39, 0.29) is 5.91 Å². The first-order chi connectivity index (χ1) is 6.32. The Morgan fingerprint density at radius 3 is 2.07 bits per heavy atom. The highest BCUT2D eigenvalue weighted by Crippen LogP contribution is 2.46. The zero-order chi connectivity index (χ0) is 11.0. The fourth-order valence-corrected chi connectivity index (χ4v) is 1.98. The predicted molar refractivity (Wildman–Crippen MR) is 51.8 cm³/mol. The van der Waals surface area contributed by atoms with Crippen molar-refractivity contribution in [1.82, 2.24) is 5.32 Å². The zero-order valence-electron chi connectivity index (χ0n) is 8.89. The van der Waals surface area contributed by atoms with Crippen LogP contribution in [-0.4, -0.2) is 22.5 Å². The van der Waals surface area contributed by atoms with Crippen LogP contribution < -0.4 is 5.32 Å². The van der Waals surface area contributed by atoms with E-state index >= 15 is 0 Å². The largest absolute Gasteiger partial charge is 0.481 e. The van der Waals surface area contributed by atoms with Gasteiger partial charge in [-0.3, -0.25) is 9.59 Å². The molecule has 1 amide bonds. The smallest absolute Gasteiger partial charge is 0.311 e. The van der Waals surface area contributed by atoms with Crippen molar-refractivity contribution in [2.24, 2.45) is 5.41 Å². The van der Waals surface area contributed by atoms with Gasteiger partial charge in [0.2, 0.25) is 5.91 Å². The molecule has 4 nitrogen and oxygen atoms in total. The number of nitrogens with one attached hydrogen (secondary N) is 1. The highest BCUT2D eigenvalue weighted by Gasteiger charge is 2.54. The third kappa shape index (κ3) is 1.49. The first-order valence-corrected chi connectivity index (χ1v) is 4.84. The summed E-state index contributed by atoms with van der Waals surface area (Å²) in [6, 6.07) is 0. The maximum absolute atomic E-state index is 11.1. The van der Waals surface area contributed by atoms with Crippen molar-refractivity contribution >= 4 is 11.9 Å². The summed E-state index contributed by atoms with van der Waals surface area (Å²) >= 11 is 0. The average molecular weight is 199 g/mol. The number of carboxylic acids is 1. The average Bonchev–Trinajstić information content (AvgIpc) is 1.95. The molecule has 0 aliphatic heterocycles. The van der Waals surface area contributed by atoms with Crippen LogP contribution in [0, 0.1) is 5.41 Å². The minimum Gasteiger partial charge on any atom is -0.481 e. The summed E-state index contributed by atoms with van der Waals surface area (Å²) in [5.41, 5.74) is -1.43. The van der Waals surface area contributed by atoms with Crippen LogP contribution in [0.4, 0.5) is 0 Å². The Bertz CT molecular complexity index is 267. The quantitative estimate of drug-likeness (QED) is 0.716. The Hall–Kier alpha value is -1.06. The van der Waals surface area contributed by atoms with Crippen molar-refractivity contribution < 1.29 is 14.7 Å². The fraction of sp³-hybridized carbons (Fsp3) is 0.800. The standard InChI is InChI=1S/C10H17NO3/c1-7(12)11-10(5-4-6-10)9(2,3)8(13)14/h4-6H2,1-3H3,(H,11,12)(H,13,14). The molecule has 1 rings (SSSR count). The lowest BCUT2D eigenvalue weighted by Gasteiger charge is -2.51. The first kappa shape index (κ1) is 11.0. The Kier molecular flexibility index (Phi) is 2.56. The molecule has 4 heteroatoms. The summed E-state index contributed by atoms with van der Waals surface area (Å²) in [4.78, 5) is 22.1. The van der Waals surface area contributed by atoms with Crippen LogP contribution in [0.15, 0.2) is 0 Å². The van der Waals surface area contributed by atoms with Crippen LogP contribution in [0.5, 0.6) is 0 Å². The lowest BCUT2D eigenvalue weighted by Crippen LogP contribution is -2.64. The third-order valence-corrected chi connectivity index (χ3v) is 3.35. The molecule has 0 aromatic carbocycles. The summed E-state index contributed by atoms with van der Waals surface area (Å²) in [5, 5.41) is 11.9. The normalized spacial score (nSPS) is 19.6. The minimum atomic E-state index is -0.892. The summed E-state index contributed by atoms with van der Waals surface area (Å²) in [6.07, 6.45) is 2.49. The van der Waals surface area contributed by atoms with Crippen molar-refractivity contribution in [1.29, 1.82) is 0 Å². The molecule has 2 N–H and O–H groups in total. The molecule has 0 heterocycles. The van der Waals surface area contributed by atoms with Crippen LogP contribution in [0.2, 0.25) is 0 Å². The van der Waals surface area contributed by atoms with E-state index < -0.39 is 16.9 Å². The topological polar surface area (TPSA) is 66.4 Å². The molecule has 0 bridgehead atoms. The molecular weight excluding hydrogens is 182 g/mol. The SMILES string of the molecule is CC(=O)NC1(C(C)(C)C(=O)O)CCC1. The molecular formula is C10H17NO3. The molecule has 80 valence electrons. The monoisotopic (exact) mass is 199 g/mol. The van der Waals surface area contributed by atoms with Crippen LogP contribution in [0.1, 0.15) is 40.0 Å². The number of carbonyl (C=O) groups excluding carboxylic acids is 1. The van der Waals surface area contributed by atoms with E-state index in [0.29, 0.717) is 0 Å². The van der Waals surface area contributed by atoms with Gasteiger partial charge in [-0.1, -0.05) is 0 Å². The Morgan fingerprint density at radius 2 is 1.86 bits per heavy atom. The second kappa shape index (κ2) is 3.26. The van der Waals surface area contributed by atoms with Gasteiger partial charge < -0.3 is 10.4 Å². The van der Waals surface area contributed by atoms with E-state index in [0.717, 1.165) is 19.3 Å². The van der Waals surface area contributed by atoms with E-state index in [4.69, 9.17) is 5.11 Å². The minimum absolute atomic E-state index is 0.154. The Morgan fingerprint density at radius 1 is 1.36 bits per heavy atom. The van der Waals surface area contributed by atoms with Gasteiger partial charge >= 0.3 is 5.97 Å². The summed E-state index contributed by atoms with van der Waals surface area (Å²) in [7, 11) is 0. The Balaban J connectivity index is 2.89. The van der Waals surface area contributed by atoms with Gasteiger partial charge in [-0.2, -0.15) is 0 Å². The van der Waals surface area contributed by atoms with Crippen LogP contribution in [0.3, 0.4) is 0 Å². The van der Waals surface area contributed by atoms with Crippen molar-refractivity contribution in [2.45, 2.75) is 45.6 Å². The highest BCUT2D eigenvalue weighted by molar-refractivity contribution is 5.79. The van der Waals surface area contributed by atoms with Crippen LogP contribution >= 0.6 is 0 Å². The number of rotatable bonds is 3. The van der Waals surface area contributed by atoms with E-state index in [9.17, 15) is 9.59 Å². The Labute approximate surface area is 83.7 Å². The first-order valence-electron chi connectivity index (χ1n) is 4.84. The second-order valence-electron chi connectivity index (χ2n) is 4.55. The van der Waals surface area contributed by atoms with Crippen molar-refractivity contribution in [3.8, 4) is 0 Å². The lowest BCUT2D eigenvalue weighted by atomic mass is 9.60. The molecule has 1 aliphatic rings. The van der Waals surface area contributed by atoms with Gasteiger partial charge in [-0.05, 0) is 33.1 Å². The van der Waals surface area contributed by atoms with Crippen LogP contribution in [-0.2, 0) is 9.59 Å². The van der Waals surface area contributed by atoms with Gasteiger partial charge in [0.1, 0.15) is 0 Å². The third-order valence-electron chi connectivity index (χ3n) is 3.35. The highest BCUT2D eigenvalue weighted by atomic mass is 16.4. The summed E-state index contributed by atoms with van der Waals surface area (Å²) < 4.78 is 0. The summed E-state index contributed by atoms with van der Waals surface area (Å²) in [6.45, 7) is 4.77. The van der Waals surface area contributed by atoms with Gasteiger partial charge in [0, 0.05) is 6.92 Å². The van der Waals surface area contributed by atoms with E-state index in [1.165, 1.54) is 6.92 Å². The molecule has 14 heavy (non-hydrogen) atoms. The molecule has 0 unspecified atom stereocenters. The summed E-state index contributed by atoms with van der Waals surface area (Å²) in [5.74, 6) is -1.01. The number of amides is 1. The maximum atomic E-state index is 11.1. The number of carbonyl (C=O) groups is 2. The molecule has 1 aliphatic carbocycles. The zero-order valence-corrected chi connectivity index (χ0v) is 8.89. The number of carboxylic acid groups (broad SMARTS) is 1. The maximum Gasteiger partial charge on any atom is 0.311 e. The molecule has 0 aromatic rings. The van der Waals surface area contributed by atoms with Gasteiger partial charge in [0.05, 0.1) is 11.0 Å². The van der Waals surface area contributed by atoms with Crippen molar-refractivity contribution in [3.05, 3.63) is 0 Å². The molecule has 0 atom stereocenters. The fourth-order valence-electron chi connectivity index (χ4n) is 1.98. The van der Waals surface area contributed by atoms with Gasteiger partial charge in [0.15, 0.2) is 0 Å². The van der Waals surface area contributed by atoms with Gasteiger partial charge in [-0.25, -0.2) is 0 Å². The lowest BCUT2D eigenvalue weighted by molar-refractivity contribution is -0.156. The van der Waals surface area contributed by atoms with E-state index in [1.807, 2.05) is 0 Å². The van der Waals surface area contributed by atoms with E-state index in [1.54, 1.807) is 13.8 Å². The molecule has 0 aromatic heterocycles. The molecule has 0 radical (unpaired) electrons. The molecule has 1 saturated carbocycles. The van der Waals surface area contributed by atoms with Crippen molar-refractivity contribution in [2.75, 3.05) is 0 Å². The second-order valence-corrected chi connectivity index (χ2v) is 4.55.